The van der Waals surface area contributed by atoms with Crippen molar-refractivity contribution in [1.29, 1.82) is 0 Å². The lowest BCUT2D eigenvalue weighted by Gasteiger charge is -2.23. The third-order valence-electron chi connectivity index (χ3n) is 4.95. The molecular weight excluding hydrogens is 382 g/mol. The number of hydrogen-bond acceptors (Lipinski definition) is 2. The van der Waals surface area contributed by atoms with Gasteiger partial charge in [0.05, 0.1) is 12.5 Å². The number of hydrogen-bond donors (Lipinski definition) is 2. The Morgan fingerprint density at radius 2 is 1.55 bits per heavy atom. The number of aromatic hydroxyl groups is 1. The van der Waals surface area contributed by atoms with E-state index in [1.807, 2.05) is 72.8 Å². The van der Waals surface area contributed by atoms with E-state index < -0.39 is 6.04 Å². The van der Waals surface area contributed by atoms with Crippen molar-refractivity contribution in [2.75, 3.05) is 0 Å². The smallest absolute Gasteiger partial charge is 0.225 e. The van der Waals surface area contributed by atoms with Gasteiger partial charge in [-0.2, -0.15) is 0 Å². The molecule has 0 aromatic heterocycles. The first-order valence-corrected chi connectivity index (χ1v) is 9.79. The van der Waals surface area contributed by atoms with E-state index in [1.165, 1.54) is 0 Å². The topological polar surface area (TPSA) is 49.3 Å². The molecule has 1 amide bonds. The lowest BCUT2D eigenvalue weighted by Crippen LogP contribution is -2.30. The van der Waals surface area contributed by atoms with Gasteiger partial charge in [0.25, 0.3) is 0 Å². The summed E-state index contributed by atoms with van der Waals surface area (Å²) in [5.74, 6) is 0.0205. The van der Waals surface area contributed by atoms with Gasteiger partial charge in [-0.25, -0.2) is 0 Å². The molecular formula is C25H20ClNO2. The highest BCUT2D eigenvalue weighted by molar-refractivity contribution is 6.30. The van der Waals surface area contributed by atoms with Crippen molar-refractivity contribution >= 4 is 28.3 Å². The number of phenols is 1. The first-order chi connectivity index (χ1) is 14.1. The predicted octanol–water partition coefficient (Wildman–Crippen LogP) is 5.65. The van der Waals surface area contributed by atoms with Gasteiger partial charge in [0.2, 0.25) is 5.91 Å². The van der Waals surface area contributed by atoms with Crippen LogP contribution in [0.3, 0.4) is 0 Å². The summed E-state index contributed by atoms with van der Waals surface area (Å²) in [5.41, 5.74) is 2.45. The summed E-state index contributed by atoms with van der Waals surface area (Å²) in [6, 6.07) is 27.8. The van der Waals surface area contributed by atoms with Gasteiger partial charge < -0.3 is 10.4 Å². The van der Waals surface area contributed by atoms with Gasteiger partial charge in [0.1, 0.15) is 5.75 Å². The molecule has 0 bridgehead atoms. The lowest BCUT2D eigenvalue weighted by molar-refractivity contribution is -0.120. The summed E-state index contributed by atoms with van der Waals surface area (Å²) >= 11 is 6.07. The molecule has 0 unspecified atom stereocenters. The van der Waals surface area contributed by atoms with Crippen LogP contribution in [0.4, 0.5) is 0 Å². The lowest BCUT2D eigenvalue weighted by atomic mass is 9.92. The van der Waals surface area contributed by atoms with Crippen molar-refractivity contribution in [1.82, 2.24) is 5.32 Å². The third-order valence-corrected chi connectivity index (χ3v) is 5.20. The molecule has 0 aliphatic carbocycles. The zero-order valence-electron chi connectivity index (χ0n) is 15.7. The molecule has 1 atom stereocenters. The molecule has 0 heterocycles. The second-order valence-corrected chi connectivity index (χ2v) is 7.37. The summed E-state index contributed by atoms with van der Waals surface area (Å²) in [6.45, 7) is 0. The Kier molecular flexibility index (Phi) is 5.50. The highest BCUT2D eigenvalue weighted by Gasteiger charge is 2.22. The zero-order chi connectivity index (χ0) is 20.2. The summed E-state index contributed by atoms with van der Waals surface area (Å²) in [7, 11) is 0. The van der Waals surface area contributed by atoms with Crippen molar-refractivity contribution in [2.45, 2.75) is 12.5 Å². The van der Waals surface area contributed by atoms with Crippen LogP contribution in [-0.4, -0.2) is 11.0 Å². The largest absolute Gasteiger partial charge is 0.508 e. The fourth-order valence-corrected chi connectivity index (χ4v) is 3.68. The van der Waals surface area contributed by atoms with Crippen molar-refractivity contribution in [3.05, 3.63) is 113 Å². The standard InChI is InChI=1S/C25H20ClNO2/c26-20-13-10-19(11-14-20)25(27-23(29)16-17-6-2-1-3-7-17)24-21-9-5-4-8-18(21)12-15-22(24)28/h1-15,25,28H,16H2,(H,27,29)/t25-/m0/s1. The van der Waals surface area contributed by atoms with Crippen LogP contribution in [0.5, 0.6) is 5.75 Å². The maximum absolute atomic E-state index is 12.9. The van der Waals surface area contributed by atoms with E-state index in [0.29, 0.717) is 10.6 Å². The molecule has 4 aromatic carbocycles. The average Bonchev–Trinajstić information content (AvgIpc) is 2.74. The number of halogens is 1. The van der Waals surface area contributed by atoms with E-state index in [9.17, 15) is 9.90 Å². The first-order valence-electron chi connectivity index (χ1n) is 9.41. The Bertz CT molecular complexity index is 1140. The molecule has 29 heavy (non-hydrogen) atoms. The van der Waals surface area contributed by atoms with E-state index in [4.69, 9.17) is 11.6 Å². The van der Waals surface area contributed by atoms with Crippen LogP contribution < -0.4 is 5.32 Å². The Balaban J connectivity index is 1.76. The van der Waals surface area contributed by atoms with E-state index in [0.717, 1.165) is 21.9 Å². The maximum atomic E-state index is 12.9. The van der Waals surface area contributed by atoms with Gasteiger partial charge in [-0.05, 0) is 40.1 Å². The molecule has 2 N–H and O–H groups in total. The highest BCUT2D eigenvalue weighted by atomic mass is 35.5. The summed E-state index contributed by atoms with van der Waals surface area (Å²) in [5, 5.41) is 16.3. The molecule has 0 saturated carbocycles. The Morgan fingerprint density at radius 3 is 2.31 bits per heavy atom. The number of carbonyl (C=O) groups excluding carboxylic acids is 1. The van der Waals surface area contributed by atoms with Crippen LogP contribution in [0, 0.1) is 0 Å². The van der Waals surface area contributed by atoms with Crippen LogP contribution in [-0.2, 0) is 11.2 Å². The molecule has 4 aromatic rings. The van der Waals surface area contributed by atoms with Crippen LogP contribution in [0.1, 0.15) is 22.7 Å². The summed E-state index contributed by atoms with van der Waals surface area (Å²) < 4.78 is 0. The quantitative estimate of drug-likeness (QED) is 0.454. The van der Waals surface area contributed by atoms with Crippen LogP contribution in [0.15, 0.2) is 91.0 Å². The van der Waals surface area contributed by atoms with Gasteiger partial charge in [-0.1, -0.05) is 84.4 Å². The Labute approximate surface area is 174 Å². The number of rotatable bonds is 5. The predicted molar refractivity (Wildman–Crippen MR) is 117 cm³/mol. The fraction of sp³-hybridized carbons (Fsp3) is 0.0800. The van der Waals surface area contributed by atoms with Crippen LogP contribution in [0.2, 0.25) is 5.02 Å². The molecule has 0 aliphatic rings. The fourth-order valence-electron chi connectivity index (χ4n) is 3.56. The number of amides is 1. The van der Waals surface area contributed by atoms with E-state index >= 15 is 0 Å². The maximum Gasteiger partial charge on any atom is 0.225 e. The van der Waals surface area contributed by atoms with Crippen LogP contribution >= 0.6 is 11.6 Å². The SMILES string of the molecule is O=C(Cc1ccccc1)N[C@@H](c1ccc(Cl)cc1)c1c(O)ccc2ccccc12. The Hall–Kier alpha value is -3.30. The van der Waals surface area contributed by atoms with Crippen molar-refractivity contribution < 1.29 is 9.90 Å². The Morgan fingerprint density at radius 1 is 0.862 bits per heavy atom. The van der Waals surface area contributed by atoms with Gasteiger partial charge in [-0.3, -0.25) is 4.79 Å². The molecule has 4 rings (SSSR count). The number of carbonyl (C=O) groups is 1. The van der Waals surface area contributed by atoms with Crippen molar-refractivity contribution in [2.24, 2.45) is 0 Å². The van der Waals surface area contributed by atoms with E-state index in [-0.39, 0.29) is 18.1 Å². The van der Waals surface area contributed by atoms with Gasteiger partial charge in [0.15, 0.2) is 0 Å². The molecule has 0 spiro atoms. The molecule has 0 radical (unpaired) electrons. The van der Waals surface area contributed by atoms with Crippen molar-refractivity contribution in [3.63, 3.8) is 0 Å². The van der Waals surface area contributed by atoms with E-state index in [1.54, 1.807) is 18.2 Å². The molecule has 4 heteroatoms. The van der Waals surface area contributed by atoms with Gasteiger partial charge in [0, 0.05) is 10.6 Å². The van der Waals surface area contributed by atoms with E-state index in [2.05, 4.69) is 5.32 Å². The molecule has 0 saturated heterocycles. The summed E-state index contributed by atoms with van der Waals surface area (Å²) in [6.07, 6.45) is 0.260. The van der Waals surface area contributed by atoms with Gasteiger partial charge in [-0.15, -0.1) is 0 Å². The second kappa shape index (κ2) is 8.38. The van der Waals surface area contributed by atoms with Gasteiger partial charge >= 0.3 is 0 Å². The minimum Gasteiger partial charge on any atom is -0.508 e. The number of phenolic OH excluding ortho intramolecular Hbond substituents is 1. The number of benzene rings is 4. The highest BCUT2D eigenvalue weighted by Crippen LogP contribution is 2.36. The average molecular weight is 402 g/mol. The number of nitrogens with one attached hydrogen (secondary N) is 1. The zero-order valence-corrected chi connectivity index (χ0v) is 16.4. The molecule has 0 aliphatic heterocycles. The molecule has 3 nitrogen and oxygen atoms in total. The summed E-state index contributed by atoms with van der Waals surface area (Å²) in [4.78, 5) is 12.9. The van der Waals surface area contributed by atoms with Crippen LogP contribution in [0.25, 0.3) is 10.8 Å². The third kappa shape index (κ3) is 4.25. The van der Waals surface area contributed by atoms with Crippen molar-refractivity contribution in [3.8, 4) is 5.75 Å². The minimum atomic E-state index is -0.505. The molecule has 0 fully saturated rings. The number of fused-ring (bicyclic) bond motifs is 1. The normalized spacial score (nSPS) is 11.9. The minimum absolute atomic E-state index is 0.122. The first kappa shape index (κ1) is 19.0. The molecule has 144 valence electrons. The monoisotopic (exact) mass is 401 g/mol. The second-order valence-electron chi connectivity index (χ2n) is 6.93.